The number of aromatic nitrogens is 4. The molecule has 23 heavy (non-hydrogen) atoms. The van der Waals surface area contributed by atoms with E-state index in [9.17, 15) is 4.79 Å². The molecule has 0 radical (unpaired) electrons. The lowest BCUT2D eigenvalue weighted by molar-refractivity contribution is -0.144. The maximum atomic E-state index is 12.6. The van der Waals surface area contributed by atoms with Crippen LogP contribution in [0.5, 0.6) is 0 Å². The van der Waals surface area contributed by atoms with Gasteiger partial charge < -0.3 is 4.74 Å². The van der Waals surface area contributed by atoms with Crippen molar-refractivity contribution in [1.29, 1.82) is 0 Å². The quantitative estimate of drug-likeness (QED) is 0.807. The molecular weight excluding hydrogens is 316 g/mol. The maximum absolute atomic E-state index is 12.6. The Morgan fingerprint density at radius 2 is 1.87 bits per heavy atom. The highest BCUT2D eigenvalue weighted by Crippen LogP contribution is 2.62. The van der Waals surface area contributed by atoms with Crippen molar-refractivity contribution in [3.8, 4) is 5.69 Å². The van der Waals surface area contributed by atoms with Crippen LogP contribution in [0.1, 0.15) is 5.82 Å². The van der Waals surface area contributed by atoms with Gasteiger partial charge in [-0.2, -0.15) is 4.68 Å². The molecule has 3 atom stereocenters. The summed E-state index contributed by atoms with van der Waals surface area (Å²) in [6.45, 7) is 0. The summed E-state index contributed by atoms with van der Waals surface area (Å²) in [6.07, 6.45) is 7.87. The first-order chi connectivity index (χ1) is 11.2. The monoisotopic (exact) mass is 328 g/mol. The van der Waals surface area contributed by atoms with Gasteiger partial charge >= 0.3 is 5.97 Å². The fraction of sp³-hybridized carbons (Fsp3) is 0.250. The molecule has 116 valence electrons. The van der Waals surface area contributed by atoms with E-state index < -0.39 is 5.41 Å². The summed E-state index contributed by atoms with van der Waals surface area (Å²) in [5.74, 6) is 0.181. The molecule has 0 aliphatic heterocycles. The SMILES string of the molecule is COC(=O)C1(c2nnnn2-c2ccc(Cl)cc2)[C@@H]2C=CC=C[C@@H]21. The molecule has 6 nitrogen and oxygen atoms in total. The van der Waals surface area contributed by atoms with Crippen molar-refractivity contribution in [2.24, 2.45) is 11.8 Å². The molecule has 7 heteroatoms. The first kappa shape index (κ1) is 14.1. The Morgan fingerprint density at radius 3 is 2.48 bits per heavy atom. The third-order valence-corrected chi connectivity index (χ3v) is 4.76. The number of nitrogens with zero attached hydrogens (tertiary/aromatic N) is 4. The predicted molar refractivity (Wildman–Crippen MR) is 83.1 cm³/mol. The largest absolute Gasteiger partial charge is 0.468 e. The first-order valence-corrected chi connectivity index (χ1v) is 7.55. The number of ether oxygens (including phenoxy) is 1. The molecule has 1 heterocycles. The third-order valence-electron chi connectivity index (χ3n) is 4.51. The van der Waals surface area contributed by atoms with Crippen LogP contribution < -0.4 is 0 Å². The Balaban J connectivity index is 1.85. The van der Waals surface area contributed by atoms with Crippen molar-refractivity contribution < 1.29 is 9.53 Å². The van der Waals surface area contributed by atoms with Crippen molar-refractivity contribution in [3.63, 3.8) is 0 Å². The highest BCUT2D eigenvalue weighted by Gasteiger charge is 2.72. The van der Waals surface area contributed by atoms with E-state index in [-0.39, 0.29) is 17.8 Å². The Hall–Kier alpha value is -2.47. The van der Waals surface area contributed by atoms with E-state index in [0.717, 1.165) is 5.69 Å². The number of hydrogen-bond donors (Lipinski definition) is 0. The lowest BCUT2D eigenvalue weighted by Gasteiger charge is -2.14. The third kappa shape index (κ3) is 1.88. The zero-order chi connectivity index (χ0) is 16.0. The van der Waals surface area contributed by atoms with Crippen molar-refractivity contribution in [1.82, 2.24) is 20.2 Å². The molecule has 2 aromatic rings. The van der Waals surface area contributed by atoms with Gasteiger partial charge in [0, 0.05) is 16.9 Å². The standard InChI is InChI=1S/C16H13ClN4O2/c1-23-15(22)16(12-4-2-3-5-13(12)16)14-18-19-20-21(14)11-8-6-10(17)7-9-11/h2-9,12-13H,1H3/t12-,13+,16?. The molecule has 0 spiro atoms. The van der Waals surface area contributed by atoms with E-state index >= 15 is 0 Å². The zero-order valence-electron chi connectivity index (χ0n) is 12.3. The molecule has 2 aliphatic carbocycles. The van der Waals surface area contributed by atoms with Crippen LogP contribution in [-0.2, 0) is 14.9 Å². The number of rotatable bonds is 3. The fourth-order valence-electron chi connectivity index (χ4n) is 3.38. The van der Waals surface area contributed by atoms with E-state index in [1.54, 1.807) is 16.8 Å². The number of hydrogen-bond acceptors (Lipinski definition) is 5. The average Bonchev–Trinajstić information content (AvgIpc) is 3.00. The summed E-state index contributed by atoms with van der Waals surface area (Å²) >= 11 is 5.93. The van der Waals surface area contributed by atoms with Gasteiger partial charge in [0.15, 0.2) is 5.82 Å². The molecule has 0 amide bonds. The summed E-state index contributed by atoms with van der Waals surface area (Å²) < 4.78 is 6.64. The van der Waals surface area contributed by atoms with Gasteiger partial charge in [-0.05, 0) is 34.7 Å². The number of halogens is 1. The van der Waals surface area contributed by atoms with Crippen LogP contribution in [0.25, 0.3) is 5.69 Å². The second kappa shape index (κ2) is 5.03. The molecule has 4 rings (SSSR count). The lowest BCUT2D eigenvalue weighted by atomic mass is 10.0. The number of benzene rings is 1. The van der Waals surface area contributed by atoms with Gasteiger partial charge in [-0.25, -0.2) is 0 Å². The summed E-state index contributed by atoms with van der Waals surface area (Å²) in [7, 11) is 1.39. The number of carbonyl (C=O) groups excluding carboxylic acids is 1. The minimum Gasteiger partial charge on any atom is -0.468 e. The molecule has 2 aliphatic rings. The van der Waals surface area contributed by atoms with Crippen molar-refractivity contribution in [3.05, 3.63) is 59.4 Å². The predicted octanol–water partition coefficient (Wildman–Crippen LogP) is 2.10. The second-order valence-electron chi connectivity index (χ2n) is 5.57. The topological polar surface area (TPSA) is 69.9 Å². The number of fused-ring (bicyclic) bond motifs is 1. The zero-order valence-corrected chi connectivity index (χ0v) is 13.0. The summed E-state index contributed by atoms with van der Waals surface area (Å²) in [5, 5.41) is 12.6. The second-order valence-corrected chi connectivity index (χ2v) is 6.01. The van der Waals surface area contributed by atoms with Gasteiger partial charge in [0.2, 0.25) is 0 Å². The number of esters is 1. The highest BCUT2D eigenvalue weighted by atomic mass is 35.5. The van der Waals surface area contributed by atoms with Crippen LogP contribution in [0.15, 0.2) is 48.6 Å². The number of allylic oxidation sites excluding steroid dienone is 4. The summed E-state index contributed by atoms with van der Waals surface area (Å²) in [5.41, 5.74) is -0.129. The van der Waals surface area contributed by atoms with Gasteiger partial charge in [0.05, 0.1) is 12.8 Å². The Kier molecular flexibility index (Phi) is 3.09. The minimum absolute atomic E-state index is 0.0111. The maximum Gasteiger partial charge on any atom is 0.320 e. The van der Waals surface area contributed by atoms with E-state index in [0.29, 0.717) is 10.8 Å². The number of methoxy groups -OCH3 is 1. The molecule has 1 aromatic heterocycles. The Morgan fingerprint density at radius 1 is 1.22 bits per heavy atom. The molecule has 0 saturated heterocycles. The molecule has 1 saturated carbocycles. The normalized spacial score (nSPS) is 27.6. The van der Waals surface area contributed by atoms with E-state index in [4.69, 9.17) is 16.3 Å². The van der Waals surface area contributed by atoms with Crippen LogP contribution in [0.2, 0.25) is 5.02 Å². The fourth-order valence-corrected chi connectivity index (χ4v) is 3.51. The molecule has 1 unspecified atom stereocenters. The van der Waals surface area contributed by atoms with E-state index in [2.05, 4.69) is 15.5 Å². The Labute approximate surface area is 137 Å². The average molecular weight is 329 g/mol. The summed E-state index contributed by atoms with van der Waals surface area (Å²) in [6, 6.07) is 7.13. The van der Waals surface area contributed by atoms with Gasteiger partial charge in [-0.1, -0.05) is 35.9 Å². The van der Waals surface area contributed by atoms with Gasteiger partial charge in [-0.3, -0.25) is 4.79 Å². The number of carbonyl (C=O) groups is 1. The molecule has 1 fully saturated rings. The van der Waals surface area contributed by atoms with E-state index in [1.165, 1.54) is 7.11 Å². The van der Waals surface area contributed by atoms with Gasteiger partial charge in [0.1, 0.15) is 5.41 Å². The van der Waals surface area contributed by atoms with Crippen LogP contribution in [0.3, 0.4) is 0 Å². The van der Waals surface area contributed by atoms with Crippen molar-refractivity contribution >= 4 is 17.6 Å². The van der Waals surface area contributed by atoms with Crippen molar-refractivity contribution in [2.75, 3.05) is 7.11 Å². The Bertz CT molecular complexity index is 807. The van der Waals surface area contributed by atoms with Gasteiger partial charge in [-0.15, -0.1) is 5.10 Å². The number of tetrazole rings is 1. The molecule has 1 aromatic carbocycles. The van der Waals surface area contributed by atoms with Crippen LogP contribution >= 0.6 is 11.6 Å². The lowest BCUT2D eigenvalue weighted by Crippen LogP contribution is -2.29. The highest BCUT2D eigenvalue weighted by molar-refractivity contribution is 6.30. The van der Waals surface area contributed by atoms with Crippen LogP contribution in [0, 0.1) is 11.8 Å². The smallest absolute Gasteiger partial charge is 0.320 e. The van der Waals surface area contributed by atoms with Crippen molar-refractivity contribution in [2.45, 2.75) is 5.41 Å². The van der Waals surface area contributed by atoms with Crippen LogP contribution in [0.4, 0.5) is 0 Å². The minimum atomic E-state index is -0.874. The summed E-state index contributed by atoms with van der Waals surface area (Å²) in [4.78, 5) is 12.6. The molecule has 0 bridgehead atoms. The molecular formula is C16H13ClN4O2. The molecule has 0 N–H and O–H groups in total. The van der Waals surface area contributed by atoms with Crippen LogP contribution in [-0.4, -0.2) is 33.3 Å². The first-order valence-electron chi connectivity index (χ1n) is 7.18. The van der Waals surface area contributed by atoms with Gasteiger partial charge in [0.25, 0.3) is 0 Å². The van der Waals surface area contributed by atoms with E-state index in [1.807, 2.05) is 36.4 Å².